The first-order valence-electron chi connectivity index (χ1n) is 5.26. The smallest absolute Gasteiger partial charge is 0.340 e. The fraction of sp³-hybridized carbons (Fsp3) is 0.333. The highest BCUT2D eigenvalue weighted by Gasteiger charge is 2.32. The molecule has 2 rings (SSSR count). The van der Waals surface area contributed by atoms with Gasteiger partial charge in [-0.1, -0.05) is 6.08 Å². The summed E-state index contributed by atoms with van der Waals surface area (Å²) in [5.74, 6) is -0.214. The minimum absolute atomic E-state index is 0.0301. The van der Waals surface area contributed by atoms with Crippen molar-refractivity contribution in [3.63, 3.8) is 0 Å². The number of thiophene rings is 1. The van der Waals surface area contributed by atoms with Gasteiger partial charge in [-0.2, -0.15) is 0 Å². The lowest BCUT2D eigenvalue weighted by Crippen LogP contribution is -2.25. The van der Waals surface area contributed by atoms with Gasteiger partial charge in [0, 0.05) is 18.9 Å². The topological polar surface area (TPSA) is 46.6 Å². The van der Waals surface area contributed by atoms with Crippen molar-refractivity contribution in [2.75, 3.05) is 18.6 Å². The number of anilines is 1. The monoisotopic (exact) mass is 251 g/mol. The summed E-state index contributed by atoms with van der Waals surface area (Å²) in [5, 5.41) is 2.46. The number of nitrogens with zero attached hydrogens (tertiary/aromatic N) is 1. The minimum atomic E-state index is -0.406. The van der Waals surface area contributed by atoms with Gasteiger partial charge in [0.05, 0.1) is 12.7 Å². The maximum Gasteiger partial charge on any atom is 0.340 e. The van der Waals surface area contributed by atoms with Crippen LogP contribution in [0.1, 0.15) is 16.8 Å². The van der Waals surface area contributed by atoms with E-state index >= 15 is 0 Å². The van der Waals surface area contributed by atoms with E-state index in [1.165, 1.54) is 18.4 Å². The molecular weight excluding hydrogens is 238 g/mol. The third-order valence-corrected chi connectivity index (χ3v) is 3.72. The first-order chi connectivity index (χ1) is 8.17. The Morgan fingerprint density at radius 2 is 2.47 bits per heavy atom. The minimum Gasteiger partial charge on any atom is -0.465 e. The van der Waals surface area contributed by atoms with Gasteiger partial charge in [-0.15, -0.1) is 17.9 Å². The number of carbonyl (C=O) groups is 2. The zero-order valence-corrected chi connectivity index (χ0v) is 10.3. The van der Waals surface area contributed by atoms with Crippen LogP contribution in [-0.4, -0.2) is 25.5 Å². The molecule has 1 amide bonds. The highest BCUT2D eigenvalue weighted by atomic mass is 32.1. The first-order valence-corrected chi connectivity index (χ1v) is 6.14. The second-order valence-corrected chi connectivity index (χ2v) is 4.73. The van der Waals surface area contributed by atoms with E-state index < -0.39 is 5.97 Å². The van der Waals surface area contributed by atoms with Gasteiger partial charge in [0.1, 0.15) is 5.00 Å². The normalized spacial score (nSPS) is 19.5. The Labute approximate surface area is 103 Å². The molecular formula is C12H13NO3S. The standard InChI is InChI=1S/C12H13NO3S/c1-3-8-6-10(14)13(7-8)11-9(4-5-17-11)12(15)16-2/h3-5,8H,1,6-7H2,2H3. The van der Waals surface area contributed by atoms with Crippen LogP contribution in [0.5, 0.6) is 0 Å². The van der Waals surface area contributed by atoms with Crippen LogP contribution in [0.25, 0.3) is 0 Å². The zero-order chi connectivity index (χ0) is 12.4. The van der Waals surface area contributed by atoms with E-state index in [4.69, 9.17) is 4.74 Å². The Hall–Kier alpha value is -1.62. The summed E-state index contributed by atoms with van der Waals surface area (Å²) >= 11 is 1.38. The van der Waals surface area contributed by atoms with Gasteiger partial charge < -0.3 is 9.64 Å². The predicted molar refractivity (Wildman–Crippen MR) is 66.3 cm³/mol. The van der Waals surface area contributed by atoms with Crippen LogP contribution in [0.4, 0.5) is 5.00 Å². The van der Waals surface area contributed by atoms with Crippen LogP contribution in [0, 0.1) is 5.92 Å². The zero-order valence-electron chi connectivity index (χ0n) is 9.51. The van der Waals surface area contributed by atoms with E-state index in [-0.39, 0.29) is 11.8 Å². The van der Waals surface area contributed by atoms with Crippen LogP contribution >= 0.6 is 11.3 Å². The van der Waals surface area contributed by atoms with Crippen molar-refractivity contribution in [3.8, 4) is 0 Å². The van der Waals surface area contributed by atoms with Gasteiger partial charge in [-0.25, -0.2) is 4.79 Å². The molecule has 90 valence electrons. The van der Waals surface area contributed by atoms with Crippen molar-refractivity contribution in [2.45, 2.75) is 6.42 Å². The van der Waals surface area contributed by atoms with E-state index in [2.05, 4.69) is 6.58 Å². The summed E-state index contributed by atoms with van der Waals surface area (Å²) in [6.45, 7) is 4.29. The quantitative estimate of drug-likeness (QED) is 0.610. The first kappa shape index (κ1) is 11.9. The third-order valence-electron chi connectivity index (χ3n) is 2.78. The lowest BCUT2D eigenvalue weighted by Gasteiger charge is -2.15. The Morgan fingerprint density at radius 1 is 1.71 bits per heavy atom. The molecule has 1 unspecified atom stereocenters. The second kappa shape index (κ2) is 4.71. The van der Waals surface area contributed by atoms with Crippen LogP contribution in [0.15, 0.2) is 24.1 Å². The largest absolute Gasteiger partial charge is 0.465 e. The molecule has 0 bridgehead atoms. The molecule has 0 aromatic carbocycles. The SMILES string of the molecule is C=CC1CC(=O)N(c2sccc2C(=O)OC)C1. The molecule has 1 saturated heterocycles. The molecule has 0 saturated carbocycles. The number of esters is 1. The molecule has 0 N–H and O–H groups in total. The van der Waals surface area contributed by atoms with Crippen LogP contribution in [-0.2, 0) is 9.53 Å². The van der Waals surface area contributed by atoms with Crippen molar-refractivity contribution in [1.29, 1.82) is 0 Å². The van der Waals surface area contributed by atoms with E-state index in [0.717, 1.165) is 0 Å². The van der Waals surface area contributed by atoms with E-state index in [0.29, 0.717) is 23.5 Å². The van der Waals surface area contributed by atoms with Crippen molar-refractivity contribution in [1.82, 2.24) is 0 Å². The van der Waals surface area contributed by atoms with E-state index in [1.54, 1.807) is 22.4 Å². The summed E-state index contributed by atoms with van der Waals surface area (Å²) < 4.78 is 4.69. The highest BCUT2D eigenvalue weighted by Crippen LogP contribution is 2.33. The number of hydrogen-bond acceptors (Lipinski definition) is 4. The summed E-state index contributed by atoms with van der Waals surface area (Å²) in [4.78, 5) is 25.0. The van der Waals surface area contributed by atoms with Crippen molar-refractivity contribution >= 4 is 28.2 Å². The fourth-order valence-electron chi connectivity index (χ4n) is 1.87. The summed E-state index contributed by atoms with van der Waals surface area (Å²) in [6.07, 6.45) is 2.24. The van der Waals surface area contributed by atoms with Crippen LogP contribution in [0.2, 0.25) is 0 Å². The predicted octanol–water partition coefficient (Wildman–Crippen LogP) is 2.07. The maximum atomic E-state index is 11.8. The summed E-state index contributed by atoms with van der Waals surface area (Å²) in [5.41, 5.74) is 0.454. The molecule has 1 aromatic rings. The molecule has 5 heteroatoms. The van der Waals surface area contributed by atoms with Crippen molar-refractivity contribution in [3.05, 3.63) is 29.7 Å². The maximum absolute atomic E-state index is 11.8. The van der Waals surface area contributed by atoms with Crippen molar-refractivity contribution in [2.24, 2.45) is 5.92 Å². The molecule has 17 heavy (non-hydrogen) atoms. The fourth-order valence-corrected chi connectivity index (χ4v) is 2.78. The van der Waals surface area contributed by atoms with Gasteiger partial charge in [0.15, 0.2) is 0 Å². The Morgan fingerprint density at radius 3 is 3.06 bits per heavy atom. The van der Waals surface area contributed by atoms with Gasteiger partial charge in [-0.05, 0) is 11.4 Å². The second-order valence-electron chi connectivity index (χ2n) is 3.84. The molecule has 0 radical (unpaired) electrons. The molecule has 1 aliphatic rings. The molecule has 0 spiro atoms. The van der Waals surface area contributed by atoms with E-state index in [1.807, 2.05) is 0 Å². The molecule has 0 aliphatic carbocycles. The summed E-state index contributed by atoms with van der Waals surface area (Å²) in [6, 6.07) is 1.68. The molecule has 2 heterocycles. The number of ether oxygens (including phenoxy) is 1. The van der Waals surface area contributed by atoms with Crippen LogP contribution in [0.3, 0.4) is 0 Å². The lowest BCUT2D eigenvalue weighted by molar-refractivity contribution is -0.117. The van der Waals surface area contributed by atoms with E-state index in [9.17, 15) is 9.59 Å². The van der Waals surface area contributed by atoms with Gasteiger partial charge >= 0.3 is 5.97 Å². The number of carbonyl (C=O) groups excluding carboxylic acids is 2. The average Bonchev–Trinajstić information content (AvgIpc) is 2.93. The number of hydrogen-bond donors (Lipinski definition) is 0. The molecule has 4 nitrogen and oxygen atoms in total. The van der Waals surface area contributed by atoms with Gasteiger partial charge in [0.2, 0.25) is 5.91 Å². The average molecular weight is 251 g/mol. The molecule has 1 fully saturated rings. The number of amides is 1. The van der Waals surface area contributed by atoms with Crippen molar-refractivity contribution < 1.29 is 14.3 Å². The molecule has 1 atom stereocenters. The number of rotatable bonds is 3. The van der Waals surface area contributed by atoms with Gasteiger partial charge in [-0.3, -0.25) is 4.79 Å². The third kappa shape index (κ3) is 2.10. The Balaban J connectivity index is 2.29. The molecule has 1 aromatic heterocycles. The number of methoxy groups -OCH3 is 1. The Kier molecular flexibility index (Phi) is 3.28. The van der Waals surface area contributed by atoms with Crippen LogP contribution < -0.4 is 4.90 Å². The Bertz CT molecular complexity index is 466. The van der Waals surface area contributed by atoms with Gasteiger partial charge in [0.25, 0.3) is 0 Å². The summed E-state index contributed by atoms with van der Waals surface area (Å²) in [7, 11) is 1.34. The lowest BCUT2D eigenvalue weighted by atomic mass is 10.1. The highest BCUT2D eigenvalue weighted by molar-refractivity contribution is 7.14. The molecule has 1 aliphatic heterocycles.